The third kappa shape index (κ3) is 13.1. The van der Waals surface area contributed by atoms with E-state index in [-0.39, 0.29) is 44.4 Å². The molecule has 12 nitrogen and oxygen atoms in total. The summed E-state index contributed by atoms with van der Waals surface area (Å²) >= 11 is 5.96. The minimum absolute atomic E-state index is 0.0209. The van der Waals surface area contributed by atoms with E-state index in [4.69, 9.17) is 35.3 Å². The Labute approximate surface area is 328 Å². The maximum atomic E-state index is 13.2. The quantitative estimate of drug-likeness (QED) is 0.100. The molecule has 3 amide bonds. The summed E-state index contributed by atoms with van der Waals surface area (Å²) in [6, 6.07) is 20.6. The van der Waals surface area contributed by atoms with E-state index in [2.05, 4.69) is 16.0 Å². The molecule has 0 aliphatic carbocycles. The van der Waals surface area contributed by atoms with Crippen LogP contribution in [0.1, 0.15) is 83.3 Å². The van der Waals surface area contributed by atoms with Crippen molar-refractivity contribution in [3.63, 3.8) is 0 Å². The monoisotopic (exact) mass is 779 g/mol. The van der Waals surface area contributed by atoms with Gasteiger partial charge in [-0.05, 0) is 79.0 Å². The lowest BCUT2D eigenvalue weighted by molar-refractivity contribution is -0.329. The van der Waals surface area contributed by atoms with Crippen molar-refractivity contribution >= 4 is 46.4 Å². The smallest absolute Gasteiger partial charge is 0.407 e. The first-order valence-electron chi connectivity index (χ1n) is 19.4. The van der Waals surface area contributed by atoms with Gasteiger partial charge >= 0.3 is 18.2 Å². The van der Waals surface area contributed by atoms with Crippen molar-refractivity contribution in [2.75, 3.05) is 19.8 Å². The van der Waals surface area contributed by atoms with E-state index in [1.54, 1.807) is 6.92 Å². The van der Waals surface area contributed by atoms with Gasteiger partial charge in [-0.3, -0.25) is 4.79 Å². The highest BCUT2D eigenvalue weighted by atomic mass is 35.5. The fourth-order valence-corrected chi connectivity index (χ4v) is 7.36. The minimum Gasteiger partial charge on any atom is -0.464 e. The van der Waals surface area contributed by atoms with Gasteiger partial charge in [-0.15, -0.1) is 0 Å². The van der Waals surface area contributed by atoms with Crippen molar-refractivity contribution in [1.82, 2.24) is 16.0 Å². The van der Waals surface area contributed by atoms with E-state index in [0.29, 0.717) is 50.1 Å². The first-order valence-corrected chi connectivity index (χ1v) is 19.8. The van der Waals surface area contributed by atoms with E-state index in [9.17, 15) is 19.2 Å². The topological polar surface area (TPSA) is 151 Å². The largest absolute Gasteiger partial charge is 0.464 e. The molecular weight excluding hydrogens is 726 g/mol. The van der Waals surface area contributed by atoms with Gasteiger partial charge in [-0.2, -0.15) is 0 Å². The van der Waals surface area contributed by atoms with Gasteiger partial charge in [-0.1, -0.05) is 80.0 Å². The lowest BCUT2D eigenvalue weighted by Gasteiger charge is -2.47. The van der Waals surface area contributed by atoms with Gasteiger partial charge < -0.3 is 39.6 Å². The Morgan fingerprint density at radius 3 is 2.47 bits per heavy atom. The zero-order valence-corrected chi connectivity index (χ0v) is 32.7. The molecule has 2 aliphatic rings. The number of esters is 1. The van der Waals surface area contributed by atoms with Crippen LogP contribution in [-0.4, -0.2) is 74.0 Å². The van der Waals surface area contributed by atoms with Gasteiger partial charge in [0.25, 0.3) is 0 Å². The number of fused-ring (bicyclic) bond motifs is 1. The van der Waals surface area contributed by atoms with Crippen LogP contribution in [0, 0.1) is 5.92 Å². The molecule has 2 fully saturated rings. The van der Waals surface area contributed by atoms with Crippen molar-refractivity contribution in [1.29, 1.82) is 0 Å². The van der Waals surface area contributed by atoms with Crippen LogP contribution >= 0.6 is 11.6 Å². The zero-order valence-electron chi connectivity index (χ0n) is 32.0. The standard InChI is InChI=1S/C42H54ClN3O9/c1-4-51-39(48)37(23-28(2)3)46-38(47)19-18-33-24-35(53-41(50)45-26-31-11-7-10-30-9-5-6-13-36(30)31)25-42(54-33)21-8-12-34(55-42)27-52-40(49)44-22-20-29-14-16-32(43)17-15-29/h5-7,9-11,13-17,28,33-35,37H,4,8,12,18-27H2,1-3H3,(H,44,49)(H,45,50)(H,46,47)/t33-,34-,35-,37+,42+/m1/s1. The number of halogens is 1. The fourth-order valence-electron chi connectivity index (χ4n) is 7.24. The molecule has 55 heavy (non-hydrogen) atoms. The van der Waals surface area contributed by atoms with Crippen molar-refractivity contribution < 1.29 is 42.9 Å². The average molecular weight is 780 g/mol. The predicted molar refractivity (Wildman–Crippen MR) is 208 cm³/mol. The number of alkyl carbamates (subject to hydrolysis) is 2. The first kappa shape index (κ1) is 41.8. The van der Waals surface area contributed by atoms with Crippen LogP contribution < -0.4 is 16.0 Å². The van der Waals surface area contributed by atoms with E-state index < -0.39 is 48.3 Å². The Bertz CT molecular complexity index is 1730. The van der Waals surface area contributed by atoms with Gasteiger partial charge in [0.15, 0.2) is 5.79 Å². The van der Waals surface area contributed by atoms with Crippen LogP contribution in [0.15, 0.2) is 66.7 Å². The molecule has 2 saturated heterocycles. The van der Waals surface area contributed by atoms with Crippen molar-refractivity contribution in [2.45, 2.75) is 115 Å². The van der Waals surface area contributed by atoms with Crippen molar-refractivity contribution in [2.24, 2.45) is 5.92 Å². The number of hydrogen-bond donors (Lipinski definition) is 3. The van der Waals surface area contributed by atoms with E-state index >= 15 is 0 Å². The van der Waals surface area contributed by atoms with Crippen LogP contribution in [0.3, 0.4) is 0 Å². The summed E-state index contributed by atoms with van der Waals surface area (Å²) in [5, 5.41) is 11.3. The zero-order chi connectivity index (χ0) is 39.2. The molecule has 298 valence electrons. The molecule has 0 aromatic heterocycles. The van der Waals surface area contributed by atoms with Crippen LogP contribution in [0.5, 0.6) is 0 Å². The second kappa shape index (κ2) is 20.5. The number of benzene rings is 3. The highest BCUT2D eigenvalue weighted by Crippen LogP contribution is 2.41. The van der Waals surface area contributed by atoms with E-state index in [1.807, 2.05) is 80.6 Å². The lowest BCUT2D eigenvalue weighted by Crippen LogP contribution is -2.54. The Hall–Kier alpha value is -4.39. The van der Waals surface area contributed by atoms with Gasteiger partial charge in [0, 0.05) is 43.8 Å². The molecular formula is C42H54ClN3O9. The van der Waals surface area contributed by atoms with Gasteiger partial charge in [0.05, 0.1) is 18.8 Å². The van der Waals surface area contributed by atoms with Crippen LogP contribution in [0.2, 0.25) is 5.02 Å². The number of amides is 3. The number of carbonyl (C=O) groups excluding carboxylic acids is 4. The number of carbonyl (C=O) groups is 4. The van der Waals surface area contributed by atoms with Crippen molar-refractivity contribution in [3.8, 4) is 0 Å². The highest BCUT2D eigenvalue weighted by molar-refractivity contribution is 6.30. The Kier molecular flexibility index (Phi) is 15.6. The van der Waals surface area contributed by atoms with Gasteiger partial charge in [0.2, 0.25) is 5.91 Å². The summed E-state index contributed by atoms with van der Waals surface area (Å²) in [5.41, 5.74) is 2.01. The molecule has 3 N–H and O–H groups in total. The molecule has 5 rings (SSSR count). The van der Waals surface area contributed by atoms with Crippen LogP contribution in [0.4, 0.5) is 9.59 Å². The summed E-state index contributed by atoms with van der Waals surface area (Å²) < 4.78 is 29.9. The lowest BCUT2D eigenvalue weighted by atomic mass is 9.90. The van der Waals surface area contributed by atoms with E-state index in [1.165, 1.54) is 0 Å². The highest BCUT2D eigenvalue weighted by Gasteiger charge is 2.47. The molecule has 3 aromatic carbocycles. The SMILES string of the molecule is CCOC(=O)[C@H](CC(C)C)NC(=O)CC[C@@H]1C[C@@H](OC(=O)NCc2cccc3ccccc23)C[C@@]2(CCC[C@H](COC(=O)NCCc3ccc(Cl)cc3)O2)O1. The average Bonchev–Trinajstić information content (AvgIpc) is 3.16. The molecule has 0 unspecified atom stereocenters. The second-order valence-electron chi connectivity index (χ2n) is 14.7. The number of ether oxygens (including phenoxy) is 5. The summed E-state index contributed by atoms with van der Waals surface area (Å²) in [4.78, 5) is 51.5. The van der Waals surface area contributed by atoms with Gasteiger partial charge in [0.1, 0.15) is 18.8 Å². The summed E-state index contributed by atoms with van der Waals surface area (Å²) in [5.74, 6) is -1.70. The molecule has 0 radical (unpaired) electrons. The molecule has 13 heteroatoms. The maximum absolute atomic E-state index is 13.2. The molecule has 3 aromatic rings. The molecule has 0 saturated carbocycles. The number of nitrogens with one attached hydrogen (secondary N) is 3. The third-order valence-electron chi connectivity index (χ3n) is 9.79. The maximum Gasteiger partial charge on any atom is 0.407 e. The second-order valence-corrected chi connectivity index (χ2v) is 15.1. The Morgan fingerprint density at radius 2 is 1.69 bits per heavy atom. The number of rotatable bonds is 16. The fraction of sp³-hybridized carbons (Fsp3) is 0.524. The van der Waals surface area contributed by atoms with Crippen LogP contribution in [0.25, 0.3) is 10.8 Å². The van der Waals surface area contributed by atoms with E-state index in [0.717, 1.165) is 28.3 Å². The summed E-state index contributed by atoms with van der Waals surface area (Å²) in [6.45, 7) is 6.61. The Morgan fingerprint density at radius 1 is 0.927 bits per heavy atom. The first-order chi connectivity index (χ1) is 26.5. The molecule has 1 spiro atoms. The molecule has 2 aliphatic heterocycles. The minimum atomic E-state index is -1.11. The van der Waals surface area contributed by atoms with Crippen molar-refractivity contribution in [3.05, 3.63) is 82.9 Å². The summed E-state index contributed by atoms with van der Waals surface area (Å²) in [6.07, 6.45) is 1.40. The molecule has 0 bridgehead atoms. The molecule has 2 heterocycles. The normalized spacial score (nSPS) is 21.4. The molecule has 5 atom stereocenters. The van der Waals surface area contributed by atoms with Gasteiger partial charge in [-0.25, -0.2) is 14.4 Å². The summed E-state index contributed by atoms with van der Waals surface area (Å²) in [7, 11) is 0. The predicted octanol–water partition coefficient (Wildman–Crippen LogP) is 7.38. The number of hydrogen-bond acceptors (Lipinski definition) is 9. The Balaban J connectivity index is 1.19. The van der Waals surface area contributed by atoms with Crippen LogP contribution in [-0.2, 0) is 46.2 Å². The third-order valence-corrected chi connectivity index (χ3v) is 10.0.